The van der Waals surface area contributed by atoms with Crippen LogP contribution in [0, 0.1) is 0 Å². The first kappa shape index (κ1) is 12.2. The second-order valence-corrected chi connectivity index (χ2v) is 4.70. The molecule has 98 valence electrons. The number of nitrogen functional groups attached to an aromatic ring is 2. The minimum Gasteiger partial charge on any atom is -0.399 e. The number of hydrogen-bond acceptors (Lipinski definition) is 3. The van der Waals surface area contributed by atoms with E-state index >= 15 is 0 Å². The normalized spacial score (nSPS) is 10.6. The summed E-state index contributed by atoms with van der Waals surface area (Å²) in [6, 6.07) is 18.5. The third-order valence-corrected chi connectivity index (χ3v) is 3.35. The first-order valence-corrected chi connectivity index (χ1v) is 6.34. The molecular weight excluding hydrogens is 248 g/mol. The van der Waals surface area contributed by atoms with Crippen molar-refractivity contribution in [2.45, 2.75) is 0 Å². The predicted molar refractivity (Wildman–Crippen MR) is 82.6 cm³/mol. The van der Waals surface area contributed by atoms with Crippen LogP contribution in [0.5, 0.6) is 0 Å². The molecule has 0 heterocycles. The SMILES string of the molecule is Nc1ccc(C(=O)c2cccc3ccccc23)c(N)c1. The van der Waals surface area contributed by atoms with Crippen LogP contribution in [0.3, 0.4) is 0 Å². The number of carbonyl (C=O) groups is 1. The molecule has 0 fully saturated rings. The Morgan fingerprint density at radius 2 is 1.55 bits per heavy atom. The number of nitrogens with two attached hydrogens (primary N) is 2. The van der Waals surface area contributed by atoms with E-state index in [1.807, 2.05) is 42.5 Å². The fourth-order valence-electron chi connectivity index (χ4n) is 2.36. The lowest BCUT2D eigenvalue weighted by Gasteiger charge is -2.08. The molecule has 3 aromatic rings. The number of fused-ring (bicyclic) bond motifs is 1. The van der Waals surface area contributed by atoms with Crippen LogP contribution in [0.25, 0.3) is 10.8 Å². The van der Waals surface area contributed by atoms with Gasteiger partial charge in [0.15, 0.2) is 5.78 Å². The fourth-order valence-corrected chi connectivity index (χ4v) is 2.36. The van der Waals surface area contributed by atoms with Crippen LogP contribution < -0.4 is 11.5 Å². The average molecular weight is 262 g/mol. The minimum atomic E-state index is -0.0840. The van der Waals surface area contributed by atoms with E-state index in [9.17, 15) is 4.79 Å². The number of ketones is 1. The Kier molecular flexibility index (Phi) is 2.88. The molecule has 0 bridgehead atoms. The lowest BCUT2D eigenvalue weighted by molar-refractivity contribution is 0.104. The van der Waals surface area contributed by atoms with Crippen molar-refractivity contribution in [3.05, 3.63) is 71.8 Å². The smallest absolute Gasteiger partial charge is 0.195 e. The Morgan fingerprint density at radius 1 is 0.800 bits per heavy atom. The van der Waals surface area contributed by atoms with Crippen LogP contribution in [0.15, 0.2) is 60.7 Å². The molecule has 0 radical (unpaired) electrons. The van der Waals surface area contributed by atoms with Gasteiger partial charge in [-0.25, -0.2) is 0 Å². The Morgan fingerprint density at radius 3 is 2.35 bits per heavy atom. The molecule has 20 heavy (non-hydrogen) atoms. The van der Waals surface area contributed by atoms with Gasteiger partial charge >= 0.3 is 0 Å². The standard InChI is InChI=1S/C17H14N2O/c18-12-8-9-15(16(19)10-12)17(20)14-7-3-5-11-4-1-2-6-13(11)14/h1-10H,18-19H2. The summed E-state index contributed by atoms with van der Waals surface area (Å²) in [7, 11) is 0. The van der Waals surface area contributed by atoms with E-state index in [0.717, 1.165) is 10.8 Å². The molecule has 0 aliphatic rings. The van der Waals surface area contributed by atoms with Crippen LogP contribution in [-0.2, 0) is 0 Å². The zero-order valence-electron chi connectivity index (χ0n) is 10.8. The molecule has 0 spiro atoms. The summed E-state index contributed by atoms with van der Waals surface area (Å²) in [5, 5.41) is 1.96. The quantitative estimate of drug-likeness (QED) is 0.550. The van der Waals surface area contributed by atoms with Crippen molar-refractivity contribution in [1.82, 2.24) is 0 Å². The molecule has 0 unspecified atom stereocenters. The van der Waals surface area contributed by atoms with E-state index in [4.69, 9.17) is 11.5 Å². The summed E-state index contributed by atoms with van der Waals surface area (Å²) in [6.45, 7) is 0. The van der Waals surface area contributed by atoms with E-state index in [-0.39, 0.29) is 5.78 Å². The van der Waals surface area contributed by atoms with Gasteiger partial charge in [0, 0.05) is 22.5 Å². The highest BCUT2D eigenvalue weighted by atomic mass is 16.1. The summed E-state index contributed by atoms with van der Waals surface area (Å²) < 4.78 is 0. The van der Waals surface area contributed by atoms with E-state index in [1.165, 1.54) is 0 Å². The Bertz CT molecular complexity index is 804. The van der Waals surface area contributed by atoms with Crippen LogP contribution >= 0.6 is 0 Å². The highest BCUT2D eigenvalue weighted by Crippen LogP contribution is 2.24. The number of benzene rings is 3. The van der Waals surface area contributed by atoms with Crippen molar-refractivity contribution in [3.63, 3.8) is 0 Å². The first-order chi connectivity index (χ1) is 9.66. The maximum Gasteiger partial charge on any atom is 0.195 e. The van der Waals surface area contributed by atoms with Gasteiger partial charge in [-0.2, -0.15) is 0 Å². The van der Waals surface area contributed by atoms with Crippen LogP contribution in [0.2, 0.25) is 0 Å². The number of carbonyl (C=O) groups excluding carboxylic acids is 1. The van der Waals surface area contributed by atoms with Gasteiger partial charge in [-0.3, -0.25) is 4.79 Å². The summed E-state index contributed by atoms with van der Waals surface area (Å²) in [5.74, 6) is -0.0840. The summed E-state index contributed by atoms with van der Waals surface area (Å²) in [4.78, 5) is 12.7. The molecule has 3 nitrogen and oxygen atoms in total. The molecule has 0 saturated carbocycles. The van der Waals surface area contributed by atoms with Crippen molar-refractivity contribution in [1.29, 1.82) is 0 Å². The Balaban J connectivity index is 2.18. The molecule has 0 atom stereocenters. The van der Waals surface area contributed by atoms with E-state index in [1.54, 1.807) is 18.2 Å². The fraction of sp³-hybridized carbons (Fsp3) is 0. The second-order valence-electron chi connectivity index (χ2n) is 4.70. The molecule has 3 rings (SSSR count). The van der Waals surface area contributed by atoms with Crippen LogP contribution in [0.1, 0.15) is 15.9 Å². The first-order valence-electron chi connectivity index (χ1n) is 6.34. The lowest BCUT2D eigenvalue weighted by atomic mass is 9.96. The third kappa shape index (κ3) is 1.99. The average Bonchev–Trinajstić information content (AvgIpc) is 2.46. The number of anilines is 2. The largest absolute Gasteiger partial charge is 0.399 e. The van der Waals surface area contributed by atoms with E-state index < -0.39 is 0 Å². The second kappa shape index (κ2) is 4.70. The minimum absolute atomic E-state index is 0.0840. The Labute approximate surface area is 116 Å². The summed E-state index contributed by atoms with van der Waals surface area (Å²) in [6.07, 6.45) is 0. The monoisotopic (exact) mass is 262 g/mol. The zero-order valence-corrected chi connectivity index (χ0v) is 10.8. The number of rotatable bonds is 2. The van der Waals surface area contributed by atoms with Crippen molar-refractivity contribution in [3.8, 4) is 0 Å². The summed E-state index contributed by atoms with van der Waals surface area (Å²) >= 11 is 0. The van der Waals surface area contributed by atoms with Crippen molar-refractivity contribution in [2.24, 2.45) is 0 Å². The van der Waals surface area contributed by atoms with Gasteiger partial charge in [-0.05, 0) is 29.0 Å². The van der Waals surface area contributed by atoms with E-state index in [2.05, 4.69) is 0 Å². The third-order valence-electron chi connectivity index (χ3n) is 3.35. The zero-order chi connectivity index (χ0) is 14.1. The van der Waals surface area contributed by atoms with Gasteiger partial charge in [0.05, 0.1) is 0 Å². The lowest BCUT2D eigenvalue weighted by Crippen LogP contribution is -2.06. The molecular formula is C17H14N2O. The van der Waals surface area contributed by atoms with Gasteiger partial charge in [0.2, 0.25) is 0 Å². The van der Waals surface area contributed by atoms with Crippen molar-refractivity contribution in [2.75, 3.05) is 11.5 Å². The Hall–Kier alpha value is -2.81. The number of hydrogen-bond donors (Lipinski definition) is 2. The van der Waals surface area contributed by atoms with Gasteiger partial charge in [0.1, 0.15) is 0 Å². The molecule has 3 heteroatoms. The van der Waals surface area contributed by atoms with Gasteiger partial charge in [-0.1, -0.05) is 42.5 Å². The molecule has 0 aliphatic carbocycles. The van der Waals surface area contributed by atoms with Gasteiger partial charge in [0.25, 0.3) is 0 Å². The highest BCUT2D eigenvalue weighted by molar-refractivity contribution is 6.18. The topological polar surface area (TPSA) is 69.1 Å². The highest BCUT2D eigenvalue weighted by Gasteiger charge is 2.14. The van der Waals surface area contributed by atoms with E-state index in [0.29, 0.717) is 22.5 Å². The molecule has 0 aliphatic heterocycles. The van der Waals surface area contributed by atoms with Crippen molar-refractivity contribution >= 4 is 27.9 Å². The maximum atomic E-state index is 12.7. The molecule has 4 N–H and O–H groups in total. The molecule has 0 amide bonds. The maximum absolute atomic E-state index is 12.7. The molecule has 3 aromatic carbocycles. The molecule has 0 saturated heterocycles. The predicted octanol–water partition coefficient (Wildman–Crippen LogP) is 3.24. The van der Waals surface area contributed by atoms with Crippen molar-refractivity contribution < 1.29 is 4.79 Å². The van der Waals surface area contributed by atoms with Crippen LogP contribution in [-0.4, -0.2) is 5.78 Å². The van der Waals surface area contributed by atoms with Crippen LogP contribution in [0.4, 0.5) is 11.4 Å². The molecule has 0 aromatic heterocycles. The van der Waals surface area contributed by atoms with Gasteiger partial charge < -0.3 is 11.5 Å². The summed E-state index contributed by atoms with van der Waals surface area (Å²) in [5.41, 5.74) is 13.7. The van der Waals surface area contributed by atoms with Gasteiger partial charge in [-0.15, -0.1) is 0 Å².